The summed E-state index contributed by atoms with van der Waals surface area (Å²) in [5.74, 6) is 1.31. The van der Waals surface area contributed by atoms with Crippen molar-refractivity contribution < 1.29 is 9.53 Å². The molecule has 0 aromatic carbocycles. The molecule has 1 saturated heterocycles. The van der Waals surface area contributed by atoms with E-state index in [1.54, 1.807) is 0 Å². The molecule has 0 saturated carbocycles. The maximum absolute atomic E-state index is 12.8. The van der Waals surface area contributed by atoms with Crippen LogP contribution in [-0.4, -0.2) is 58.7 Å². The Kier molecular flexibility index (Phi) is 4.20. The molecule has 4 rings (SSSR count). The van der Waals surface area contributed by atoms with E-state index in [4.69, 9.17) is 4.74 Å². The monoisotopic (exact) mass is 351 g/mol. The van der Waals surface area contributed by atoms with Crippen molar-refractivity contribution in [2.75, 3.05) is 32.1 Å². The molecular weight excluding hydrogens is 330 g/mol. The number of rotatable bonds is 4. The van der Waals surface area contributed by atoms with Gasteiger partial charge in [0.25, 0.3) is 5.91 Å². The van der Waals surface area contributed by atoms with Crippen LogP contribution in [0.3, 0.4) is 0 Å². The third-order valence-electron chi connectivity index (χ3n) is 4.56. The van der Waals surface area contributed by atoms with E-state index in [2.05, 4.69) is 10.2 Å². The topological polar surface area (TPSA) is 63.0 Å². The fraction of sp³-hybridized carbons (Fsp3) is 0.316. The molecule has 0 bridgehead atoms. The van der Waals surface area contributed by atoms with Crippen molar-refractivity contribution in [1.82, 2.24) is 19.5 Å². The Hall–Kier alpha value is -3.09. The number of hydrogen-bond donors (Lipinski definition) is 0. The highest BCUT2D eigenvalue weighted by atomic mass is 16.5. The minimum Gasteiger partial charge on any atom is -0.471 e. The van der Waals surface area contributed by atoms with E-state index >= 15 is 0 Å². The Morgan fingerprint density at radius 3 is 2.85 bits per heavy atom. The van der Waals surface area contributed by atoms with Crippen molar-refractivity contribution in [3.05, 3.63) is 54.4 Å². The molecule has 0 N–H and O–H groups in total. The molecule has 1 fully saturated rings. The largest absolute Gasteiger partial charge is 0.471 e. The molecule has 0 spiro atoms. The first-order valence-corrected chi connectivity index (χ1v) is 8.64. The van der Waals surface area contributed by atoms with Crippen LogP contribution in [0.2, 0.25) is 0 Å². The number of likely N-dealkylation sites (tertiary alicyclic amines) is 1. The average molecular weight is 351 g/mol. The second kappa shape index (κ2) is 6.67. The van der Waals surface area contributed by atoms with Crippen LogP contribution < -0.4 is 9.64 Å². The summed E-state index contributed by atoms with van der Waals surface area (Å²) in [5, 5.41) is 8.21. The van der Waals surface area contributed by atoms with Crippen molar-refractivity contribution in [1.29, 1.82) is 0 Å². The van der Waals surface area contributed by atoms with Gasteiger partial charge in [0.05, 0.1) is 12.1 Å². The van der Waals surface area contributed by atoms with Crippen molar-refractivity contribution in [2.45, 2.75) is 12.5 Å². The first kappa shape index (κ1) is 16.4. The predicted octanol–water partition coefficient (Wildman–Crippen LogP) is 2.09. The number of ether oxygens (including phenoxy) is 1. The van der Waals surface area contributed by atoms with Gasteiger partial charge in [-0.05, 0) is 24.3 Å². The molecule has 26 heavy (non-hydrogen) atoms. The number of carbonyl (C=O) groups is 1. The number of carbonyl (C=O) groups excluding carboxylic acids is 1. The molecule has 7 heteroatoms. The van der Waals surface area contributed by atoms with Gasteiger partial charge in [-0.1, -0.05) is 6.07 Å². The molecule has 1 aliphatic heterocycles. The van der Waals surface area contributed by atoms with Crippen LogP contribution in [0.4, 0.5) is 5.82 Å². The van der Waals surface area contributed by atoms with Gasteiger partial charge in [-0.25, -0.2) is 0 Å². The Morgan fingerprint density at radius 1 is 1.23 bits per heavy atom. The highest BCUT2D eigenvalue weighted by molar-refractivity contribution is 5.95. The average Bonchev–Trinajstić information content (AvgIpc) is 3.28. The quantitative estimate of drug-likeness (QED) is 0.720. The fourth-order valence-corrected chi connectivity index (χ4v) is 3.15. The Labute approximate surface area is 151 Å². The van der Waals surface area contributed by atoms with E-state index in [9.17, 15) is 4.79 Å². The first-order chi connectivity index (χ1) is 12.6. The number of pyridine rings is 1. The summed E-state index contributed by atoms with van der Waals surface area (Å²) in [6, 6.07) is 11.5. The van der Waals surface area contributed by atoms with E-state index in [-0.39, 0.29) is 12.0 Å². The summed E-state index contributed by atoms with van der Waals surface area (Å²) in [6.07, 6.45) is 4.54. The lowest BCUT2D eigenvalue weighted by atomic mass is 10.3. The second-order valence-electron chi connectivity index (χ2n) is 6.67. The molecule has 7 nitrogen and oxygen atoms in total. The van der Waals surface area contributed by atoms with Crippen LogP contribution in [0.25, 0.3) is 5.52 Å². The zero-order chi connectivity index (χ0) is 18.1. The van der Waals surface area contributed by atoms with E-state index < -0.39 is 0 Å². The Balaban J connectivity index is 1.40. The van der Waals surface area contributed by atoms with Gasteiger partial charge in [-0.2, -0.15) is 0 Å². The van der Waals surface area contributed by atoms with Crippen molar-refractivity contribution >= 4 is 17.2 Å². The standard InChI is InChI=1S/C19H21N5O2/c1-22(2)17-6-7-18(21-20-17)26-16-8-10-24(13-16)19(25)14-11-15-5-3-4-9-23(15)12-14/h3-7,9,11-12,16H,8,10,13H2,1-2H3. The van der Waals surface area contributed by atoms with E-state index in [1.807, 2.05) is 77.1 Å². The summed E-state index contributed by atoms with van der Waals surface area (Å²) < 4.78 is 7.85. The predicted molar refractivity (Wildman–Crippen MR) is 98.7 cm³/mol. The van der Waals surface area contributed by atoms with Crippen molar-refractivity contribution in [2.24, 2.45) is 0 Å². The minimum atomic E-state index is -0.0597. The molecular formula is C19H21N5O2. The number of fused-ring (bicyclic) bond motifs is 1. The van der Waals surface area contributed by atoms with E-state index in [0.29, 0.717) is 24.5 Å². The fourth-order valence-electron chi connectivity index (χ4n) is 3.15. The van der Waals surface area contributed by atoms with Crippen molar-refractivity contribution in [3.63, 3.8) is 0 Å². The normalized spacial score (nSPS) is 16.8. The number of hydrogen-bond acceptors (Lipinski definition) is 5. The van der Waals surface area contributed by atoms with Gasteiger partial charge in [0.15, 0.2) is 5.82 Å². The van der Waals surface area contributed by atoms with Crippen LogP contribution in [0.1, 0.15) is 16.8 Å². The first-order valence-electron chi connectivity index (χ1n) is 8.64. The summed E-state index contributed by atoms with van der Waals surface area (Å²) in [6.45, 7) is 1.24. The Bertz CT molecular complexity index is 886. The zero-order valence-electron chi connectivity index (χ0n) is 14.9. The second-order valence-corrected chi connectivity index (χ2v) is 6.67. The number of nitrogens with zero attached hydrogens (tertiary/aromatic N) is 5. The molecule has 1 unspecified atom stereocenters. The lowest BCUT2D eigenvalue weighted by molar-refractivity contribution is 0.0771. The highest BCUT2D eigenvalue weighted by Gasteiger charge is 2.29. The number of aromatic nitrogens is 3. The van der Waals surface area contributed by atoms with Crippen LogP contribution >= 0.6 is 0 Å². The molecule has 0 aliphatic carbocycles. The van der Waals surface area contributed by atoms with Gasteiger partial charge < -0.3 is 18.9 Å². The molecule has 1 amide bonds. The number of amides is 1. The van der Waals surface area contributed by atoms with Crippen LogP contribution in [-0.2, 0) is 0 Å². The minimum absolute atomic E-state index is 0.0360. The zero-order valence-corrected chi connectivity index (χ0v) is 14.9. The van der Waals surface area contributed by atoms with Crippen LogP contribution in [0.5, 0.6) is 5.88 Å². The smallest absolute Gasteiger partial charge is 0.255 e. The number of anilines is 1. The third kappa shape index (κ3) is 3.20. The van der Waals surface area contributed by atoms with Crippen molar-refractivity contribution in [3.8, 4) is 5.88 Å². The van der Waals surface area contributed by atoms with Gasteiger partial charge in [0.2, 0.25) is 5.88 Å². The molecule has 3 aromatic heterocycles. The van der Waals surface area contributed by atoms with E-state index in [1.165, 1.54) is 0 Å². The summed E-state index contributed by atoms with van der Waals surface area (Å²) in [4.78, 5) is 16.5. The molecule has 134 valence electrons. The van der Waals surface area contributed by atoms with Gasteiger partial charge in [-0.15, -0.1) is 10.2 Å². The van der Waals surface area contributed by atoms with Crippen LogP contribution in [0, 0.1) is 0 Å². The van der Waals surface area contributed by atoms with Crippen LogP contribution in [0.15, 0.2) is 48.8 Å². The highest BCUT2D eigenvalue weighted by Crippen LogP contribution is 2.20. The Morgan fingerprint density at radius 2 is 2.12 bits per heavy atom. The van der Waals surface area contributed by atoms with Gasteiger partial charge in [0, 0.05) is 51.0 Å². The van der Waals surface area contributed by atoms with Gasteiger partial charge >= 0.3 is 0 Å². The molecule has 4 heterocycles. The molecule has 1 aliphatic rings. The van der Waals surface area contributed by atoms with Gasteiger partial charge in [-0.3, -0.25) is 4.79 Å². The van der Waals surface area contributed by atoms with Gasteiger partial charge in [0.1, 0.15) is 6.10 Å². The molecule has 0 radical (unpaired) electrons. The maximum Gasteiger partial charge on any atom is 0.255 e. The molecule has 3 aromatic rings. The summed E-state index contributed by atoms with van der Waals surface area (Å²) >= 11 is 0. The lowest BCUT2D eigenvalue weighted by Gasteiger charge is -2.16. The maximum atomic E-state index is 12.8. The molecule has 1 atom stereocenters. The SMILES string of the molecule is CN(C)c1ccc(OC2CCN(C(=O)c3cc4ccccn4c3)C2)nn1. The summed E-state index contributed by atoms with van der Waals surface area (Å²) in [7, 11) is 3.83. The lowest BCUT2D eigenvalue weighted by Crippen LogP contribution is -2.30. The van der Waals surface area contributed by atoms with E-state index in [0.717, 1.165) is 17.8 Å². The third-order valence-corrected chi connectivity index (χ3v) is 4.56. The summed E-state index contributed by atoms with van der Waals surface area (Å²) in [5.41, 5.74) is 1.71.